The maximum atomic E-state index is 12.9. The summed E-state index contributed by atoms with van der Waals surface area (Å²) >= 11 is 0. The van der Waals surface area contributed by atoms with Crippen LogP contribution in [0.15, 0.2) is 42.5 Å². The Balaban J connectivity index is 2.38. The Hall–Kier alpha value is -2.24. The van der Waals surface area contributed by atoms with Gasteiger partial charge in [0.2, 0.25) is 0 Å². The third kappa shape index (κ3) is 3.40. The van der Waals surface area contributed by atoms with Crippen molar-refractivity contribution in [3.05, 3.63) is 48.3 Å². The minimum absolute atomic E-state index is 0.0589. The number of para-hydroxylation sites is 1. The molecule has 0 fully saturated rings. The van der Waals surface area contributed by atoms with E-state index >= 15 is 0 Å². The maximum Gasteiger partial charge on any atom is 0.422 e. The molecule has 106 valence electrons. The van der Waals surface area contributed by atoms with Crippen molar-refractivity contribution < 1.29 is 22.3 Å². The zero-order valence-electron chi connectivity index (χ0n) is 10.2. The average molecular weight is 285 g/mol. The first-order valence-corrected chi connectivity index (χ1v) is 5.71. The number of nitrogen functional groups attached to an aromatic ring is 1. The molecule has 2 N–H and O–H groups in total. The van der Waals surface area contributed by atoms with E-state index in [-0.39, 0.29) is 11.4 Å². The van der Waals surface area contributed by atoms with Crippen LogP contribution < -0.4 is 10.5 Å². The van der Waals surface area contributed by atoms with E-state index in [2.05, 4.69) is 0 Å². The minimum Gasteiger partial charge on any atom is -0.481 e. The Morgan fingerprint density at radius 3 is 2.25 bits per heavy atom. The molecule has 0 aromatic heterocycles. The van der Waals surface area contributed by atoms with Gasteiger partial charge < -0.3 is 10.5 Å². The lowest BCUT2D eigenvalue weighted by atomic mass is 10.0. The van der Waals surface area contributed by atoms with Crippen LogP contribution in [0.1, 0.15) is 0 Å². The van der Waals surface area contributed by atoms with Crippen LogP contribution in [-0.4, -0.2) is 12.8 Å². The molecule has 0 heterocycles. The summed E-state index contributed by atoms with van der Waals surface area (Å²) in [5, 5.41) is 0. The molecule has 0 spiro atoms. The van der Waals surface area contributed by atoms with Gasteiger partial charge in [0.05, 0.1) is 5.69 Å². The molecule has 0 atom stereocenters. The lowest BCUT2D eigenvalue weighted by Gasteiger charge is -2.15. The fourth-order valence-corrected chi connectivity index (χ4v) is 1.73. The van der Waals surface area contributed by atoms with Gasteiger partial charge in [-0.15, -0.1) is 0 Å². The van der Waals surface area contributed by atoms with Gasteiger partial charge in [0.25, 0.3) is 0 Å². The van der Waals surface area contributed by atoms with E-state index in [9.17, 15) is 17.6 Å². The van der Waals surface area contributed by atoms with Crippen LogP contribution >= 0.6 is 0 Å². The van der Waals surface area contributed by atoms with E-state index < -0.39 is 18.6 Å². The molecule has 0 saturated heterocycles. The van der Waals surface area contributed by atoms with Gasteiger partial charge in [0.15, 0.2) is 6.61 Å². The van der Waals surface area contributed by atoms with Gasteiger partial charge in [-0.05, 0) is 23.8 Å². The van der Waals surface area contributed by atoms with E-state index in [4.69, 9.17) is 10.5 Å². The highest BCUT2D eigenvalue weighted by molar-refractivity contribution is 5.77. The second kappa shape index (κ2) is 5.40. The van der Waals surface area contributed by atoms with Crippen LogP contribution in [0, 0.1) is 5.82 Å². The van der Waals surface area contributed by atoms with Crippen molar-refractivity contribution in [1.29, 1.82) is 0 Å². The summed E-state index contributed by atoms with van der Waals surface area (Å²) in [6.07, 6.45) is -4.46. The molecule has 0 saturated carbocycles. The zero-order chi connectivity index (χ0) is 14.8. The van der Waals surface area contributed by atoms with Crippen molar-refractivity contribution in [3.8, 4) is 16.9 Å². The SMILES string of the molecule is Nc1cccc(-c2ccc(F)cc2)c1OCC(F)(F)F. The minimum atomic E-state index is -4.46. The van der Waals surface area contributed by atoms with Crippen LogP contribution in [-0.2, 0) is 0 Å². The molecule has 0 bridgehead atoms. The van der Waals surface area contributed by atoms with Gasteiger partial charge in [-0.25, -0.2) is 4.39 Å². The third-order valence-corrected chi connectivity index (χ3v) is 2.58. The largest absolute Gasteiger partial charge is 0.481 e. The molecule has 20 heavy (non-hydrogen) atoms. The van der Waals surface area contributed by atoms with Crippen molar-refractivity contribution >= 4 is 5.69 Å². The molecule has 2 rings (SSSR count). The number of anilines is 1. The predicted octanol–water partition coefficient (Wildman–Crippen LogP) is 4.02. The summed E-state index contributed by atoms with van der Waals surface area (Å²) < 4.78 is 54.4. The van der Waals surface area contributed by atoms with E-state index in [1.165, 1.54) is 30.3 Å². The number of hydrogen-bond acceptors (Lipinski definition) is 2. The van der Waals surface area contributed by atoms with Gasteiger partial charge in [-0.3, -0.25) is 0 Å². The second-order valence-corrected chi connectivity index (χ2v) is 4.13. The van der Waals surface area contributed by atoms with Gasteiger partial charge >= 0.3 is 6.18 Å². The van der Waals surface area contributed by atoms with Crippen LogP contribution in [0.5, 0.6) is 5.75 Å². The summed E-state index contributed by atoms with van der Waals surface area (Å²) in [6, 6.07) is 9.93. The quantitative estimate of drug-likeness (QED) is 0.683. The molecule has 0 radical (unpaired) electrons. The molecular weight excluding hydrogens is 274 g/mol. The molecule has 0 amide bonds. The van der Waals surface area contributed by atoms with Crippen LogP contribution in [0.4, 0.5) is 23.2 Å². The Labute approximate surface area is 112 Å². The molecule has 2 nitrogen and oxygen atoms in total. The Bertz CT molecular complexity index is 593. The Kier molecular flexibility index (Phi) is 3.83. The first-order chi connectivity index (χ1) is 9.37. The van der Waals surface area contributed by atoms with E-state index in [0.717, 1.165) is 0 Å². The number of halogens is 4. The van der Waals surface area contributed by atoms with Crippen LogP contribution in [0.25, 0.3) is 11.1 Å². The first-order valence-electron chi connectivity index (χ1n) is 5.71. The maximum absolute atomic E-state index is 12.9. The molecule has 2 aromatic carbocycles. The highest BCUT2D eigenvalue weighted by Gasteiger charge is 2.29. The molecule has 0 aliphatic rings. The Morgan fingerprint density at radius 2 is 1.65 bits per heavy atom. The van der Waals surface area contributed by atoms with E-state index in [0.29, 0.717) is 11.1 Å². The average Bonchev–Trinajstić information content (AvgIpc) is 2.37. The summed E-state index contributed by atoms with van der Waals surface area (Å²) in [5.74, 6) is -0.494. The van der Waals surface area contributed by atoms with Gasteiger partial charge in [0, 0.05) is 5.56 Å². The molecule has 0 unspecified atom stereocenters. The first kappa shape index (κ1) is 14.2. The van der Waals surface area contributed by atoms with Gasteiger partial charge in [-0.1, -0.05) is 24.3 Å². The smallest absolute Gasteiger partial charge is 0.422 e. The predicted molar refractivity (Wildman–Crippen MR) is 67.8 cm³/mol. The van der Waals surface area contributed by atoms with Crippen LogP contribution in [0.2, 0.25) is 0 Å². The third-order valence-electron chi connectivity index (χ3n) is 2.58. The van der Waals surface area contributed by atoms with E-state index in [1.807, 2.05) is 0 Å². The summed E-state index contributed by atoms with van der Waals surface area (Å²) in [4.78, 5) is 0. The standard InChI is InChI=1S/C14H11F4NO/c15-10-6-4-9(5-7-10)11-2-1-3-12(19)13(11)20-8-14(16,17)18/h1-7H,8,19H2. The number of alkyl halides is 3. The highest BCUT2D eigenvalue weighted by Crippen LogP contribution is 2.35. The Morgan fingerprint density at radius 1 is 1.00 bits per heavy atom. The molecule has 0 aliphatic carbocycles. The number of hydrogen-bond donors (Lipinski definition) is 1. The molecular formula is C14H11F4NO. The number of ether oxygens (including phenoxy) is 1. The second-order valence-electron chi connectivity index (χ2n) is 4.13. The summed E-state index contributed by atoms with van der Waals surface area (Å²) in [7, 11) is 0. The normalized spacial score (nSPS) is 11.4. The van der Waals surface area contributed by atoms with E-state index in [1.54, 1.807) is 12.1 Å². The fourth-order valence-electron chi connectivity index (χ4n) is 1.73. The topological polar surface area (TPSA) is 35.2 Å². The number of benzene rings is 2. The van der Waals surface area contributed by atoms with Crippen molar-refractivity contribution in [2.24, 2.45) is 0 Å². The highest BCUT2D eigenvalue weighted by atomic mass is 19.4. The van der Waals surface area contributed by atoms with Crippen molar-refractivity contribution in [2.45, 2.75) is 6.18 Å². The van der Waals surface area contributed by atoms with Crippen LogP contribution in [0.3, 0.4) is 0 Å². The van der Waals surface area contributed by atoms with Crippen molar-refractivity contribution in [1.82, 2.24) is 0 Å². The van der Waals surface area contributed by atoms with Crippen molar-refractivity contribution in [2.75, 3.05) is 12.3 Å². The molecule has 0 aliphatic heterocycles. The van der Waals surface area contributed by atoms with Gasteiger partial charge in [0.1, 0.15) is 11.6 Å². The summed E-state index contributed by atoms with van der Waals surface area (Å²) in [5.41, 5.74) is 6.65. The number of rotatable bonds is 3. The lowest BCUT2D eigenvalue weighted by Crippen LogP contribution is -2.20. The zero-order valence-corrected chi connectivity index (χ0v) is 10.2. The number of nitrogens with two attached hydrogens (primary N) is 1. The van der Waals surface area contributed by atoms with Gasteiger partial charge in [-0.2, -0.15) is 13.2 Å². The lowest BCUT2D eigenvalue weighted by molar-refractivity contribution is -0.153. The molecule has 6 heteroatoms. The monoisotopic (exact) mass is 285 g/mol. The van der Waals surface area contributed by atoms with Crippen molar-refractivity contribution in [3.63, 3.8) is 0 Å². The fraction of sp³-hybridized carbons (Fsp3) is 0.143. The molecule has 2 aromatic rings. The summed E-state index contributed by atoms with van der Waals surface area (Å²) in [6.45, 7) is -1.44.